The molecule has 27 heavy (non-hydrogen) atoms. The Morgan fingerprint density at radius 1 is 1.33 bits per heavy atom. The first-order chi connectivity index (χ1) is 12.9. The molecule has 0 aliphatic heterocycles. The molecule has 0 fully saturated rings. The number of rotatable bonds is 6. The summed E-state index contributed by atoms with van der Waals surface area (Å²) in [5.74, 6) is 0.315. The fourth-order valence-corrected chi connectivity index (χ4v) is 2.79. The van der Waals surface area contributed by atoms with Crippen LogP contribution in [0.5, 0.6) is 5.75 Å². The van der Waals surface area contributed by atoms with E-state index in [4.69, 9.17) is 16.3 Å². The Kier molecular flexibility index (Phi) is 5.62. The summed E-state index contributed by atoms with van der Waals surface area (Å²) in [5.41, 5.74) is 1.14. The van der Waals surface area contributed by atoms with Crippen LogP contribution >= 0.6 is 11.6 Å². The van der Waals surface area contributed by atoms with E-state index in [0.29, 0.717) is 35.0 Å². The number of nitrogens with zero attached hydrogens (tertiary/aromatic N) is 2. The predicted octanol–water partition coefficient (Wildman–Crippen LogP) is 3.74. The van der Waals surface area contributed by atoms with Crippen LogP contribution in [0.1, 0.15) is 19.4 Å². The molecule has 0 unspecified atom stereocenters. The highest BCUT2D eigenvalue weighted by Crippen LogP contribution is 2.25. The molecule has 8 heteroatoms. The molecule has 2 heterocycles. The Hall–Kier alpha value is -2.64. The van der Waals surface area contributed by atoms with Crippen molar-refractivity contribution < 1.29 is 9.13 Å². The number of fused-ring (bicyclic) bond motifs is 1. The molecular weight excluding hydrogens is 371 g/mol. The highest BCUT2D eigenvalue weighted by atomic mass is 35.5. The van der Waals surface area contributed by atoms with E-state index in [1.807, 2.05) is 13.8 Å². The lowest BCUT2D eigenvalue weighted by Crippen LogP contribution is -2.29. The molecule has 2 aromatic heterocycles. The summed E-state index contributed by atoms with van der Waals surface area (Å²) in [5, 5.41) is 6.29. The molecule has 3 rings (SSSR count). The molecule has 0 atom stereocenters. The van der Waals surface area contributed by atoms with Crippen LogP contribution in [0.15, 0.2) is 41.3 Å². The van der Waals surface area contributed by atoms with Crippen molar-refractivity contribution in [2.24, 2.45) is 0 Å². The Morgan fingerprint density at radius 3 is 2.78 bits per heavy atom. The van der Waals surface area contributed by atoms with E-state index >= 15 is 0 Å². The van der Waals surface area contributed by atoms with Crippen molar-refractivity contribution in [1.29, 1.82) is 0 Å². The summed E-state index contributed by atoms with van der Waals surface area (Å²) >= 11 is 5.86. The lowest BCUT2D eigenvalue weighted by Gasteiger charge is -2.16. The third-order valence-corrected chi connectivity index (χ3v) is 4.29. The second-order valence-electron chi connectivity index (χ2n) is 6.30. The smallest absolute Gasteiger partial charge is 0.264 e. The van der Waals surface area contributed by atoms with Crippen molar-refractivity contribution in [2.75, 3.05) is 12.4 Å². The molecule has 1 aromatic carbocycles. The van der Waals surface area contributed by atoms with Gasteiger partial charge in [0, 0.05) is 24.5 Å². The van der Waals surface area contributed by atoms with Crippen LogP contribution in [0.2, 0.25) is 5.02 Å². The van der Waals surface area contributed by atoms with Gasteiger partial charge in [-0.3, -0.25) is 9.20 Å². The number of pyridine rings is 1. The molecule has 3 aromatic rings. The quantitative estimate of drug-likeness (QED) is 0.671. The molecule has 0 amide bonds. The van der Waals surface area contributed by atoms with Gasteiger partial charge < -0.3 is 15.4 Å². The van der Waals surface area contributed by atoms with Gasteiger partial charge in [-0.1, -0.05) is 25.4 Å². The van der Waals surface area contributed by atoms with Crippen LogP contribution in [0, 0.1) is 5.82 Å². The lowest BCUT2D eigenvalue weighted by atomic mass is 10.2. The van der Waals surface area contributed by atoms with Crippen molar-refractivity contribution in [3.8, 4) is 5.75 Å². The van der Waals surface area contributed by atoms with Crippen LogP contribution in [0.3, 0.4) is 0 Å². The van der Waals surface area contributed by atoms with Crippen LogP contribution in [-0.2, 0) is 6.54 Å². The normalized spacial score (nSPS) is 11.2. The number of aromatic nitrogens is 2. The maximum Gasteiger partial charge on any atom is 0.264 e. The maximum atomic E-state index is 13.4. The number of anilines is 2. The molecule has 6 nitrogen and oxygen atoms in total. The highest BCUT2D eigenvalue weighted by molar-refractivity contribution is 6.31. The molecule has 0 spiro atoms. The molecule has 0 saturated heterocycles. The standard InChI is InChI=1S/C19H20ClFN4O2/c1-11(2)22-10-13-17(23-12-6-7-15(21)14(20)9-12)24-18-16(27-3)5-4-8-25(18)19(13)26/h4-9,11,22-23H,10H2,1-3H3. The van der Waals surface area contributed by atoms with Gasteiger partial charge >= 0.3 is 0 Å². The van der Waals surface area contributed by atoms with E-state index in [1.54, 1.807) is 18.3 Å². The fourth-order valence-electron chi connectivity index (χ4n) is 2.61. The van der Waals surface area contributed by atoms with Gasteiger partial charge in [-0.2, -0.15) is 0 Å². The molecule has 0 aliphatic rings. The lowest BCUT2D eigenvalue weighted by molar-refractivity contribution is 0.416. The van der Waals surface area contributed by atoms with E-state index in [1.165, 1.54) is 29.7 Å². The van der Waals surface area contributed by atoms with Crippen LogP contribution in [0.4, 0.5) is 15.9 Å². The van der Waals surface area contributed by atoms with Gasteiger partial charge in [0.25, 0.3) is 5.56 Å². The number of nitrogens with one attached hydrogen (secondary N) is 2. The summed E-state index contributed by atoms with van der Waals surface area (Å²) in [6.07, 6.45) is 1.64. The van der Waals surface area contributed by atoms with Gasteiger partial charge in [0.1, 0.15) is 11.6 Å². The van der Waals surface area contributed by atoms with Gasteiger partial charge in [-0.25, -0.2) is 9.37 Å². The SMILES string of the molecule is COc1cccn2c(=O)c(CNC(C)C)c(Nc3ccc(F)c(Cl)c3)nc12. The molecule has 0 bridgehead atoms. The minimum atomic E-state index is -0.517. The molecular formula is C19H20ClFN4O2. The zero-order valence-electron chi connectivity index (χ0n) is 15.2. The topological polar surface area (TPSA) is 67.7 Å². The largest absolute Gasteiger partial charge is 0.493 e. The van der Waals surface area contributed by atoms with E-state index < -0.39 is 5.82 Å². The minimum Gasteiger partial charge on any atom is -0.493 e. The van der Waals surface area contributed by atoms with E-state index in [0.717, 1.165) is 0 Å². The molecule has 2 N–H and O–H groups in total. The van der Waals surface area contributed by atoms with Crippen molar-refractivity contribution in [3.63, 3.8) is 0 Å². The molecule has 0 radical (unpaired) electrons. The van der Waals surface area contributed by atoms with Crippen molar-refractivity contribution in [2.45, 2.75) is 26.4 Å². The first kappa shape index (κ1) is 19.1. The second-order valence-corrected chi connectivity index (χ2v) is 6.71. The maximum absolute atomic E-state index is 13.4. The third-order valence-electron chi connectivity index (χ3n) is 4.00. The van der Waals surface area contributed by atoms with Crippen LogP contribution in [-0.4, -0.2) is 22.5 Å². The Bertz CT molecular complexity index is 1040. The number of hydrogen-bond donors (Lipinski definition) is 2. The van der Waals surface area contributed by atoms with Gasteiger partial charge in [-0.15, -0.1) is 0 Å². The van der Waals surface area contributed by atoms with Gasteiger partial charge in [0.15, 0.2) is 11.4 Å². The third kappa shape index (κ3) is 4.04. The Labute approximate surface area is 161 Å². The zero-order chi connectivity index (χ0) is 19.6. The number of benzene rings is 1. The first-order valence-electron chi connectivity index (χ1n) is 8.44. The first-order valence-corrected chi connectivity index (χ1v) is 8.82. The van der Waals surface area contributed by atoms with E-state index in [9.17, 15) is 9.18 Å². The van der Waals surface area contributed by atoms with Gasteiger partial charge in [0.2, 0.25) is 0 Å². The number of methoxy groups -OCH3 is 1. The van der Waals surface area contributed by atoms with Crippen LogP contribution in [0.25, 0.3) is 5.65 Å². The van der Waals surface area contributed by atoms with Crippen LogP contribution < -0.4 is 20.9 Å². The summed E-state index contributed by atoms with van der Waals surface area (Å²) in [6, 6.07) is 7.87. The average Bonchev–Trinajstić information content (AvgIpc) is 2.64. The van der Waals surface area contributed by atoms with Gasteiger partial charge in [-0.05, 0) is 30.3 Å². The second kappa shape index (κ2) is 7.94. The number of hydrogen-bond acceptors (Lipinski definition) is 5. The molecule has 0 saturated carbocycles. The number of ether oxygens (including phenoxy) is 1. The van der Waals surface area contributed by atoms with Crippen molar-refractivity contribution >= 4 is 28.8 Å². The monoisotopic (exact) mass is 390 g/mol. The average molecular weight is 391 g/mol. The summed E-state index contributed by atoms with van der Waals surface area (Å²) < 4.78 is 20.2. The Balaban J connectivity index is 2.16. The van der Waals surface area contributed by atoms with Crippen molar-refractivity contribution in [3.05, 3.63) is 63.3 Å². The molecule has 0 aliphatic carbocycles. The van der Waals surface area contributed by atoms with Crippen molar-refractivity contribution in [1.82, 2.24) is 14.7 Å². The number of halogens is 2. The van der Waals surface area contributed by atoms with Gasteiger partial charge in [0.05, 0.1) is 17.7 Å². The van der Waals surface area contributed by atoms with E-state index in [-0.39, 0.29) is 16.6 Å². The summed E-state index contributed by atoms with van der Waals surface area (Å²) in [4.78, 5) is 17.6. The fraction of sp³-hybridized carbons (Fsp3) is 0.263. The summed E-state index contributed by atoms with van der Waals surface area (Å²) in [7, 11) is 1.52. The highest BCUT2D eigenvalue weighted by Gasteiger charge is 2.16. The molecule has 142 valence electrons. The predicted molar refractivity (Wildman–Crippen MR) is 105 cm³/mol. The van der Waals surface area contributed by atoms with E-state index in [2.05, 4.69) is 15.6 Å². The summed E-state index contributed by atoms with van der Waals surface area (Å²) in [6.45, 7) is 4.30. The zero-order valence-corrected chi connectivity index (χ0v) is 16.0. The Morgan fingerprint density at radius 2 is 2.11 bits per heavy atom. The minimum absolute atomic E-state index is 0.0167.